The minimum absolute atomic E-state index is 0.104. The molecule has 0 saturated carbocycles. The van der Waals surface area contributed by atoms with Crippen LogP contribution in [0.4, 0.5) is 0 Å². The topological polar surface area (TPSA) is 49.6 Å². The fourth-order valence-corrected chi connectivity index (χ4v) is 3.48. The van der Waals surface area contributed by atoms with Crippen molar-refractivity contribution in [2.75, 3.05) is 44.2 Å². The number of hydrogen-bond acceptors (Lipinski definition) is 4. The molecule has 0 unspecified atom stereocenters. The third-order valence-electron chi connectivity index (χ3n) is 3.55. The number of nitrogens with zero attached hydrogens (tertiary/aromatic N) is 2. The van der Waals surface area contributed by atoms with E-state index >= 15 is 0 Å². The van der Waals surface area contributed by atoms with Gasteiger partial charge in [-0.3, -0.25) is 9.69 Å². The zero-order valence-electron chi connectivity index (χ0n) is 9.73. The number of amides is 1. The van der Waals surface area contributed by atoms with Gasteiger partial charge in [-0.05, 0) is 12.8 Å². The van der Waals surface area contributed by atoms with Gasteiger partial charge >= 0.3 is 0 Å². The maximum Gasteiger partial charge on any atom is 0.236 e. The third-order valence-corrected chi connectivity index (χ3v) is 4.50. The summed E-state index contributed by atoms with van der Waals surface area (Å²) in [4.78, 5) is 15.9. The van der Waals surface area contributed by atoms with E-state index < -0.39 is 0 Å². The first-order valence-electron chi connectivity index (χ1n) is 6.11. The van der Waals surface area contributed by atoms with Gasteiger partial charge in [0.2, 0.25) is 5.91 Å². The van der Waals surface area contributed by atoms with E-state index in [1.807, 2.05) is 16.7 Å². The Hall–Kier alpha value is -0.260. The molecule has 0 atom stereocenters. The number of piperidine rings is 1. The summed E-state index contributed by atoms with van der Waals surface area (Å²) in [5.41, 5.74) is 5.38. The largest absolute Gasteiger partial charge is 0.341 e. The maximum absolute atomic E-state index is 11.4. The van der Waals surface area contributed by atoms with E-state index in [1.54, 1.807) is 0 Å². The van der Waals surface area contributed by atoms with E-state index in [0.717, 1.165) is 25.9 Å². The summed E-state index contributed by atoms with van der Waals surface area (Å²) >= 11 is 2.05. The summed E-state index contributed by atoms with van der Waals surface area (Å²) in [6.45, 7) is 4.39. The van der Waals surface area contributed by atoms with E-state index in [9.17, 15) is 4.79 Å². The molecule has 2 saturated heterocycles. The highest BCUT2D eigenvalue weighted by Crippen LogP contribution is 2.20. The quantitative estimate of drug-likeness (QED) is 0.741. The first-order chi connectivity index (χ1) is 7.81. The Morgan fingerprint density at radius 3 is 2.38 bits per heavy atom. The normalized spacial score (nSPS) is 24.7. The molecule has 0 spiro atoms. The molecule has 2 rings (SSSR count). The highest BCUT2D eigenvalue weighted by Gasteiger charge is 2.26. The van der Waals surface area contributed by atoms with Gasteiger partial charge in [0, 0.05) is 43.7 Å². The number of likely N-dealkylation sites (tertiary alicyclic amines) is 1. The Morgan fingerprint density at radius 1 is 1.19 bits per heavy atom. The minimum atomic E-state index is 0.104. The number of rotatable bonds is 2. The van der Waals surface area contributed by atoms with Crippen molar-refractivity contribution in [3.8, 4) is 0 Å². The second-order valence-corrected chi connectivity index (χ2v) is 5.69. The second-order valence-electron chi connectivity index (χ2n) is 4.46. The first kappa shape index (κ1) is 12.2. The molecule has 2 fully saturated rings. The molecule has 92 valence electrons. The van der Waals surface area contributed by atoms with Crippen LogP contribution in [0.25, 0.3) is 0 Å². The van der Waals surface area contributed by atoms with Crippen molar-refractivity contribution in [2.24, 2.45) is 5.73 Å². The monoisotopic (exact) mass is 243 g/mol. The summed E-state index contributed by atoms with van der Waals surface area (Å²) in [6.07, 6.45) is 2.24. The average Bonchev–Trinajstić information content (AvgIpc) is 2.39. The Labute approximate surface area is 102 Å². The summed E-state index contributed by atoms with van der Waals surface area (Å²) < 4.78 is 0. The van der Waals surface area contributed by atoms with Gasteiger partial charge in [0.1, 0.15) is 0 Å². The molecular formula is C11H21N3OS. The van der Waals surface area contributed by atoms with Gasteiger partial charge in [0.05, 0.1) is 6.54 Å². The highest BCUT2D eigenvalue weighted by molar-refractivity contribution is 7.99. The van der Waals surface area contributed by atoms with Crippen LogP contribution >= 0.6 is 11.8 Å². The molecule has 0 aromatic carbocycles. The lowest BCUT2D eigenvalue weighted by Crippen LogP contribution is -2.50. The van der Waals surface area contributed by atoms with Gasteiger partial charge in [0.25, 0.3) is 0 Å². The van der Waals surface area contributed by atoms with Gasteiger partial charge in [-0.1, -0.05) is 0 Å². The molecule has 4 nitrogen and oxygen atoms in total. The number of hydrogen-bond donors (Lipinski definition) is 1. The van der Waals surface area contributed by atoms with Crippen LogP contribution in [0.15, 0.2) is 0 Å². The Morgan fingerprint density at radius 2 is 1.81 bits per heavy atom. The SMILES string of the molecule is NCC(=O)N1CCC(N2CCSCC2)CC1. The number of nitrogens with two attached hydrogens (primary N) is 1. The zero-order chi connectivity index (χ0) is 11.4. The molecule has 2 N–H and O–H groups in total. The molecule has 0 aromatic rings. The zero-order valence-corrected chi connectivity index (χ0v) is 10.5. The van der Waals surface area contributed by atoms with Crippen molar-refractivity contribution in [2.45, 2.75) is 18.9 Å². The van der Waals surface area contributed by atoms with Crippen LogP contribution in [0.2, 0.25) is 0 Å². The summed E-state index contributed by atoms with van der Waals surface area (Å²) in [6, 6.07) is 0.697. The molecule has 0 bridgehead atoms. The van der Waals surface area contributed by atoms with Crippen LogP contribution in [0, 0.1) is 0 Å². The standard InChI is InChI=1S/C11H21N3OS/c12-9-11(15)14-3-1-10(2-4-14)13-5-7-16-8-6-13/h10H,1-9,12H2. The number of carbonyl (C=O) groups excluding carboxylic acids is 1. The molecule has 2 aliphatic rings. The predicted octanol–water partition coefficient (Wildman–Crippen LogP) is -0.0151. The van der Waals surface area contributed by atoms with E-state index in [4.69, 9.17) is 5.73 Å². The minimum Gasteiger partial charge on any atom is -0.341 e. The van der Waals surface area contributed by atoms with Crippen LogP contribution in [0.1, 0.15) is 12.8 Å². The predicted molar refractivity (Wildman–Crippen MR) is 67.6 cm³/mol. The summed E-state index contributed by atoms with van der Waals surface area (Å²) in [5.74, 6) is 2.64. The van der Waals surface area contributed by atoms with Gasteiger partial charge in [0.15, 0.2) is 0 Å². The molecular weight excluding hydrogens is 222 g/mol. The molecule has 2 aliphatic heterocycles. The molecule has 16 heavy (non-hydrogen) atoms. The van der Waals surface area contributed by atoms with Crippen LogP contribution in [-0.4, -0.2) is 66.0 Å². The van der Waals surface area contributed by atoms with Gasteiger partial charge < -0.3 is 10.6 Å². The van der Waals surface area contributed by atoms with Crippen LogP contribution in [-0.2, 0) is 4.79 Å². The van der Waals surface area contributed by atoms with E-state index in [0.29, 0.717) is 6.04 Å². The van der Waals surface area contributed by atoms with Crippen molar-refractivity contribution in [3.05, 3.63) is 0 Å². The molecule has 2 heterocycles. The molecule has 0 radical (unpaired) electrons. The first-order valence-corrected chi connectivity index (χ1v) is 7.26. The Bertz CT molecular complexity index is 235. The Kier molecular flexibility index (Phi) is 4.49. The van der Waals surface area contributed by atoms with Gasteiger partial charge in [-0.15, -0.1) is 0 Å². The van der Waals surface area contributed by atoms with Crippen molar-refractivity contribution < 1.29 is 4.79 Å². The van der Waals surface area contributed by atoms with Crippen molar-refractivity contribution in [1.82, 2.24) is 9.80 Å². The molecule has 1 amide bonds. The highest BCUT2D eigenvalue weighted by atomic mass is 32.2. The molecule has 0 aliphatic carbocycles. The lowest BCUT2D eigenvalue weighted by Gasteiger charge is -2.40. The van der Waals surface area contributed by atoms with Crippen molar-refractivity contribution >= 4 is 17.7 Å². The fourth-order valence-electron chi connectivity index (χ4n) is 2.55. The van der Waals surface area contributed by atoms with E-state index in [-0.39, 0.29) is 12.5 Å². The average molecular weight is 243 g/mol. The van der Waals surface area contributed by atoms with Crippen LogP contribution < -0.4 is 5.73 Å². The van der Waals surface area contributed by atoms with Crippen molar-refractivity contribution in [3.63, 3.8) is 0 Å². The second kappa shape index (κ2) is 5.89. The number of carbonyl (C=O) groups is 1. The molecule has 5 heteroatoms. The summed E-state index contributed by atoms with van der Waals surface area (Å²) in [5, 5.41) is 0. The third kappa shape index (κ3) is 2.90. The van der Waals surface area contributed by atoms with E-state index in [2.05, 4.69) is 4.90 Å². The van der Waals surface area contributed by atoms with Crippen LogP contribution in [0.3, 0.4) is 0 Å². The fraction of sp³-hybridized carbons (Fsp3) is 0.909. The van der Waals surface area contributed by atoms with Crippen molar-refractivity contribution in [1.29, 1.82) is 0 Å². The van der Waals surface area contributed by atoms with Gasteiger partial charge in [-0.25, -0.2) is 0 Å². The lowest BCUT2D eigenvalue weighted by molar-refractivity contribution is -0.131. The molecule has 0 aromatic heterocycles. The van der Waals surface area contributed by atoms with Crippen LogP contribution in [0.5, 0.6) is 0 Å². The maximum atomic E-state index is 11.4. The number of thioether (sulfide) groups is 1. The van der Waals surface area contributed by atoms with Gasteiger partial charge in [-0.2, -0.15) is 11.8 Å². The lowest BCUT2D eigenvalue weighted by atomic mass is 10.0. The smallest absolute Gasteiger partial charge is 0.236 e. The Balaban J connectivity index is 1.78. The van der Waals surface area contributed by atoms with E-state index in [1.165, 1.54) is 24.6 Å². The summed E-state index contributed by atoms with van der Waals surface area (Å²) in [7, 11) is 0.